The number of carbonyl (C=O) groups excluding carboxylic acids is 2. The zero-order valence-electron chi connectivity index (χ0n) is 16.7. The summed E-state index contributed by atoms with van der Waals surface area (Å²) in [7, 11) is 3.51. The first-order valence-corrected chi connectivity index (χ1v) is 9.23. The van der Waals surface area contributed by atoms with Gasteiger partial charge in [-0.25, -0.2) is 4.98 Å². The molecule has 1 unspecified atom stereocenters. The quantitative estimate of drug-likeness (QED) is 0.647. The maximum absolute atomic E-state index is 12.7. The van der Waals surface area contributed by atoms with Crippen molar-refractivity contribution >= 4 is 17.5 Å². The number of nitrogens with zero attached hydrogens (tertiary/aromatic N) is 2. The number of aromatic nitrogens is 2. The summed E-state index contributed by atoms with van der Waals surface area (Å²) in [4.78, 5) is 28.3. The minimum Gasteiger partial charge on any atom is -0.497 e. The third-order valence-electron chi connectivity index (χ3n) is 4.51. The van der Waals surface area contributed by atoms with Crippen molar-refractivity contribution in [3.8, 4) is 5.75 Å². The van der Waals surface area contributed by atoms with Gasteiger partial charge < -0.3 is 19.9 Å². The molecule has 0 spiro atoms. The number of anilines is 1. The lowest BCUT2D eigenvalue weighted by Gasteiger charge is -2.19. The Bertz CT molecular complexity index is 978. The predicted molar refractivity (Wildman–Crippen MR) is 111 cm³/mol. The van der Waals surface area contributed by atoms with Gasteiger partial charge in [0.2, 0.25) is 11.8 Å². The Morgan fingerprint density at radius 3 is 2.34 bits per heavy atom. The number of hydrogen-bond acceptors (Lipinski definition) is 4. The van der Waals surface area contributed by atoms with Crippen LogP contribution in [0.4, 0.5) is 5.69 Å². The Labute approximate surface area is 169 Å². The Hall–Kier alpha value is -3.61. The third kappa shape index (κ3) is 5.22. The van der Waals surface area contributed by atoms with E-state index in [4.69, 9.17) is 4.74 Å². The topological polar surface area (TPSA) is 85.2 Å². The fourth-order valence-electron chi connectivity index (χ4n) is 3.06. The molecule has 29 heavy (non-hydrogen) atoms. The molecular weight excluding hydrogens is 368 g/mol. The molecule has 3 aromatic rings. The predicted octanol–water partition coefficient (Wildman–Crippen LogP) is 2.84. The smallest absolute Gasteiger partial charge is 0.225 e. The molecule has 2 aromatic carbocycles. The Morgan fingerprint density at radius 1 is 1.10 bits per heavy atom. The van der Waals surface area contributed by atoms with Crippen molar-refractivity contribution < 1.29 is 14.3 Å². The van der Waals surface area contributed by atoms with Crippen molar-refractivity contribution in [1.82, 2.24) is 14.9 Å². The van der Waals surface area contributed by atoms with E-state index in [2.05, 4.69) is 15.6 Å². The van der Waals surface area contributed by atoms with Crippen LogP contribution in [-0.2, 0) is 23.1 Å². The third-order valence-corrected chi connectivity index (χ3v) is 4.51. The largest absolute Gasteiger partial charge is 0.497 e. The number of methoxy groups -OCH3 is 1. The summed E-state index contributed by atoms with van der Waals surface area (Å²) in [6, 6.07) is 14.4. The number of ether oxygens (including phenoxy) is 1. The number of aryl methyl sites for hydroxylation is 1. The number of hydrogen-bond donors (Lipinski definition) is 2. The molecule has 0 aliphatic rings. The standard InChI is InChI=1S/C22H24N4O3/c1-15(27)24-18-8-4-16(5-9-18)14-20(28)25-21(22-23-12-13-26(22)2)17-6-10-19(29-3)11-7-17/h4-13,21H,14H2,1-3H3,(H,24,27)(H,25,28). The molecule has 1 heterocycles. The lowest BCUT2D eigenvalue weighted by molar-refractivity contribution is -0.121. The van der Waals surface area contributed by atoms with Crippen molar-refractivity contribution in [1.29, 1.82) is 0 Å². The summed E-state index contributed by atoms with van der Waals surface area (Å²) in [5.41, 5.74) is 2.46. The summed E-state index contributed by atoms with van der Waals surface area (Å²) in [5.74, 6) is 1.23. The SMILES string of the molecule is COc1ccc(C(NC(=O)Cc2ccc(NC(C)=O)cc2)c2nccn2C)cc1. The van der Waals surface area contributed by atoms with Gasteiger partial charge in [0.05, 0.1) is 13.5 Å². The monoisotopic (exact) mass is 392 g/mol. The summed E-state index contributed by atoms with van der Waals surface area (Å²) in [6.45, 7) is 1.46. The highest BCUT2D eigenvalue weighted by molar-refractivity contribution is 5.88. The maximum atomic E-state index is 12.7. The van der Waals surface area contributed by atoms with E-state index in [0.717, 1.165) is 22.7 Å². The second-order valence-corrected chi connectivity index (χ2v) is 6.72. The van der Waals surface area contributed by atoms with Crippen LogP contribution in [0.1, 0.15) is 29.9 Å². The molecule has 7 nitrogen and oxygen atoms in total. The molecular formula is C22H24N4O3. The van der Waals surface area contributed by atoms with Gasteiger partial charge in [-0.2, -0.15) is 0 Å². The highest BCUT2D eigenvalue weighted by Crippen LogP contribution is 2.23. The Kier molecular flexibility index (Phi) is 6.29. The minimum absolute atomic E-state index is 0.124. The van der Waals surface area contributed by atoms with Crippen molar-refractivity contribution in [2.24, 2.45) is 7.05 Å². The molecule has 0 bridgehead atoms. The van der Waals surface area contributed by atoms with Gasteiger partial charge in [0.15, 0.2) is 0 Å². The maximum Gasteiger partial charge on any atom is 0.225 e. The second-order valence-electron chi connectivity index (χ2n) is 6.72. The van der Waals surface area contributed by atoms with Crippen LogP contribution in [-0.4, -0.2) is 28.5 Å². The molecule has 3 rings (SSSR count). The molecule has 2 N–H and O–H groups in total. The van der Waals surface area contributed by atoms with Gasteiger partial charge in [0.25, 0.3) is 0 Å². The molecule has 0 aliphatic heterocycles. The molecule has 1 atom stereocenters. The van der Waals surface area contributed by atoms with Gasteiger partial charge in [0, 0.05) is 32.1 Å². The van der Waals surface area contributed by atoms with Crippen LogP contribution in [0.25, 0.3) is 0 Å². The van der Waals surface area contributed by atoms with Crippen molar-refractivity contribution in [2.45, 2.75) is 19.4 Å². The summed E-state index contributed by atoms with van der Waals surface area (Å²) >= 11 is 0. The molecule has 0 fully saturated rings. The van der Waals surface area contributed by atoms with Crippen LogP contribution in [0.3, 0.4) is 0 Å². The van der Waals surface area contributed by atoms with E-state index in [0.29, 0.717) is 5.69 Å². The average molecular weight is 392 g/mol. The van der Waals surface area contributed by atoms with Crippen LogP contribution in [0, 0.1) is 0 Å². The normalized spacial score (nSPS) is 11.6. The minimum atomic E-state index is -0.382. The van der Waals surface area contributed by atoms with Crippen molar-refractivity contribution in [2.75, 3.05) is 12.4 Å². The highest BCUT2D eigenvalue weighted by atomic mass is 16.5. The van der Waals surface area contributed by atoms with Crippen LogP contribution in [0.5, 0.6) is 5.75 Å². The van der Waals surface area contributed by atoms with Crippen molar-refractivity contribution in [3.05, 3.63) is 77.9 Å². The first kappa shape index (κ1) is 20.1. The summed E-state index contributed by atoms with van der Waals surface area (Å²) in [5, 5.41) is 5.79. The van der Waals surface area contributed by atoms with Gasteiger partial charge in [0.1, 0.15) is 17.6 Å². The van der Waals surface area contributed by atoms with E-state index >= 15 is 0 Å². The lowest BCUT2D eigenvalue weighted by Crippen LogP contribution is -2.32. The van der Waals surface area contributed by atoms with E-state index in [1.165, 1.54) is 6.92 Å². The van der Waals surface area contributed by atoms with Crippen LogP contribution in [0.2, 0.25) is 0 Å². The fourth-order valence-corrected chi connectivity index (χ4v) is 3.06. The zero-order valence-corrected chi connectivity index (χ0v) is 16.7. The molecule has 2 amide bonds. The summed E-state index contributed by atoms with van der Waals surface area (Å²) < 4.78 is 7.11. The number of carbonyl (C=O) groups is 2. The highest BCUT2D eigenvalue weighted by Gasteiger charge is 2.21. The number of rotatable bonds is 7. The first-order valence-electron chi connectivity index (χ1n) is 9.23. The molecule has 7 heteroatoms. The van der Waals surface area contributed by atoms with Gasteiger partial charge in [-0.05, 0) is 35.4 Å². The zero-order chi connectivity index (χ0) is 20.8. The number of imidazole rings is 1. The van der Waals surface area contributed by atoms with Gasteiger partial charge in [-0.15, -0.1) is 0 Å². The molecule has 1 aromatic heterocycles. The first-order chi connectivity index (χ1) is 14.0. The van der Waals surface area contributed by atoms with E-state index in [-0.39, 0.29) is 24.3 Å². The number of amides is 2. The number of nitrogens with one attached hydrogen (secondary N) is 2. The molecule has 150 valence electrons. The molecule has 0 radical (unpaired) electrons. The molecule has 0 saturated carbocycles. The van der Waals surface area contributed by atoms with E-state index < -0.39 is 0 Å². The van der Waals surface area contributed by atoms with Crippen LogP contribution in [0.15, 0.2) is 60.9 Å². The number of benzene rings is 2. The molecule has 0 aliphatic carbocycles. The lowest BCUT2D eigenvalue weighted by atomic mass is 10.0. The Morgan fingerprint density at radius 2 is 1.79 bits per heavy atom. The van der Waals surface area contributed by atoms with Crippen LogP contribution >= 0.6 is 0 Å². The van der Waals surface area contributed by atoms with Gasteiger partial charge in [-0.1, -0.05) is 24.3 Å². The van der Waals surface area contributed by atoms with E-state index in [1.807, 2.05) is 54.2 Å². The fraction of sp³-hybridized carbons (Fsp3) is 0.227. The van der Waals surface area contributed by atoms with E-state index in [9.17, 15) is 9.59 Å². The summed E-state index contributed by atoms with van der Waals surface area (Å²) in [6.07, 6.45) is 3.77. The van der Waals surface area contributed by atoms with Gasteiger partial charge in [-0.3, -0.25) is 9.59 Å². The van der Waals surface area contributed by atoms with Crippen LogP contribution < -0.4 is 15.4 Å². The van der Waals surface area contributed by atoms with Gasteiger partial charge >= 0.3 is 0 Å². The van der Waals surface area contributed by atoms with Crippen molar-refractivity contribution in [3.63, 3.8) is 0 Å². The van der Waals surface area contributed by atoms with E-state index in [1.54, 1.807) is 25.4 Å². The Balaban J connectivity index is 1.75. The average Bonchev–Trinajstić information content (AvgIpc) is 3.13. The second kappa shape index (κ2) is 9.05. The molecule has 0 saturated heterocycles.